The minimum Gasteiger partial charge on any atom is -0.462 e. The largest absolute Gasteiger partial charge is 0.462 e. The molecule has 0 saturated heterocycles. The van der Waals surface area contributed by atoms with Crippen molar-refractivity contribution in [2.24, 2.45) is 0 Å². The standard InChI is InChI=1S/C17H23NO2/c1-13(2)18-10-17-14(3)9-16(20-17)12-19-11-15-7-5-4-6-8-15/h4-9,13,18H,10-12H2,1-3H3. The highest BCUT2D eigenvalue weighted by Gasteiger charge is 2.08. The van der Waals surface area contributed by atoms with Crippen molar-refractivity contribution in [1.82, 2.24) is 5.32 Å². The minimum absolute atomic E-state index is 0.456. The Morgan fingerprint density at radius 2 is 1.90 bits per heavy atom. The molecule has 0 spiro atoms. The van der Waals surface area contributed by atoms with Gasteiger partial charge in [-0.1, -0.05) is 44.2 Å². The predicted octanol–water partition coefficient (Wildman–Crippen LogP) is 3.80. The molecule has 1 N–H and O–H groups in total. The Morgan fingerprint density at radius 1 is 1.15 bits per heavy atom. The predicted molar refractivity (Wildman–Crippen MR) is 80.4 cm³/mol. The second kappa shape index (κ2) is 7.27. The lowest BCUT2D eigenvalue weighted by Crippen LogP contribution is -2.21. The summed E-state index contributed by atoms with van der Waals surface area (Å²) in [5.41, 5.74) is 2.36. The number of aryl methyl sites for hydroxylation is 1. The van der Waals surface area contributed by atoms with E-state index in [9.17, 15) is 0 Å². The van der Waals surface area contributed by atoms with Gasteiger partial charge in [0.1, 0.15) is 18.1 Å². The molecule has 108 valence electrons. The Bertz CT molecular complexity index is 517. The summed E-state index contributed by atoms with van der Waals surface area (Å²) in [6.45, 7) is 8.21. The summed E-state index contributed by atoms with van der Waals surface area (Å²) in [6.07, 6.45) is 0. The molecule has 0 amide bonds. The van der Waals surface area contributed by atoms with Gasteiger partial charge in [0, 0.05) is 6.04 Å². The maximum atomic E-state index is 5.82. The number of hydrogen-bond acceptors (Lipinski definition) is 3. The van der Waals surface area contributed by atoms with Gasteiger partial charge in [-0.15, -0.1) is 0 Å². The van der Waals surface area contributed by atoms with Crippen LogP contribution in [-0.4, -0.2) is 6.04 Å². The van der Waals surface area contributed by atoms with Gasteiger partial charge in [0.05, 0.1) is 13.2 Å². The number of benzene rings is 1. The second-order valence-electron chi connectivity index (χ2n) is 5.33. The van der Waals surface area contributed by atoms with E-state index in [4.69, 9.17) is 9.15 Å². The Kier molecular flexibility index (Phi) is 5.39. The molecule has 2 rings (SSSR count). The lowest BCUT2D eigenvalue weighted by atomic mass is 10.2. The van der Waals surface area contributed by atoms with E-state index in [1.165, 1.54) is 11.1 Å². The lowest BCUT2D eigenvalue weighted by Gasteiger charge is -2.06. The molecule has 0 aliphatic heterocycles. The van der Waals surface area contributed by atoms with Crippen molar-refractivity contribution in [3.05, 3.63) is 59.0 Å². The van der Waals surface area contributed by atoms with Crippen LogP contribution in [0, 0.1) is 6.92 Å². The molecule has 0 aliphatic carbocycles. The summed E-state index contributed by atoms with van der Waals surface area (Å²) in [5.74, 6) is 1.89. The number of rotatable bonds is 7. The Labute approximate surface area is 121 Å². The number of furan rings is 1. The smallest absolute Gasteiger partial charge is 0.130 e. The molecule has 0 radical (unpaired) electrons. The van der Waals surface area contributed by atoms with Crippen molar-refractivity contribution in [3.8, 4) is 0 Å². The van der Waals surface area contributed by atoms with Crippen LogP contribution in [0.5, 0.6) is 0 Å². The van der Waals surface area contributed by atoms with E-state index in [0.29, 0.717) is 19.3 Å². The molecular formula is C17H23NO2. The monoisotopic (exact) mass is 273 g/mol. The number of ether oxygens (including phenoxy) is 1. The molecule has 0 atom stereocenters. The maximum Gasteiger partial charge on any atom is 0.130 e. The quantitative estimate of drug-likeness (QED) is 0.833. The van der Waals surface area contributed by atoms with E-state index in [1.54, 1.807) is 0 Å². The molecule has 1 heterocycles. The first-order valence-electron chi connectivity index (χ1n) is 7.08. The van der Waals surface area contributed by atoms with E-state index < -0.39 is 0 Å². The van der Waals surface area contributed by atoms with Crippen molar-refractivity contribution in [3.63, 3.8) is 0 Å². The summed E-state index contributed by atoms with van der Waals surface area (Å²) in [4.78, 5) is 0. The molecular weight excluding hydrogens is 250 g/mol. The van der Waals surface area contributed by atoms with E-state index in [1.807, 2.05) is 18.2 Å². The van der Waals surface area contributed by atoms with Gasteiger partial charge in [-0.2, -0.15) is 0 Å². The van der Waals surface area contributed by atoms with Crippen molar-refractivity contribution in [1.29, 1.82) is 0 Å². The van der Waals surface area contributed by atoms with Crippen LogP contribution in [0.3, 0.4) is 0 Å². The van der Waals surface area contributed by atoms with Crippen LogP contribution in [0.15, 0.2) is 40.8 Å². The lowest BCUT2D eigenvalue weighted by molar-refractivity contribution is 0.0919. The van der Waals surface area contributed by atoms with Gasteiger partial charge in [0.2, 0.25) is 0 Å². The van der Waals surface area contributed by atoms with Crippen LogP contribution in [0.4, 0.5) is 0 Å². The van der Waals surface area contributed by atoms with Crippen LogP contribution in [0.25, 0.3) is 0 Å². The first kappa shape index (κ1) is 14.8. The molecule has 20 heavy (non-hydrogen) atoms. The van der Waals surface area contributed by atoms with Gasteiger partial charge < -0.3 is 14.5 Å². The third-order valence-corrected chi connectivity index (χ3v) is 3.10. The topological polar surface area (TPSA) is 34.4 Å². The zero-order valence-electron chi connectivity index (χ0n) is 12.5. The molecule has 3 nitrogen and oxygen atoms in total. The first-order chi connectivity index (χ1) is 9.65. The van der Waals surface area contributed by atoms with Crippen LogP contribution >= 0.6 is 0 Å². The molecule has 0 fully saturated rings. The van der Waals surface area contributed by atoms with Gasteiger partial charge in [0.25, 0.3) is 0 Å². The fourth-order valence-corrected chi connectivity index (χ4v) is 1.98. The van der Waals surface area contributed by atoms with Crippen molar-refractivity contribution >= 4 is 0 Å². The van der Waals surface area contributed by atoms with E-state index in [2.05, 4.69) is 44.3 Å². The summed E-state index contributed by atoms with van der Waals surface area (Å²) >= 11 is 0. The fraction of sp³-hybridized carbons (Fsp3) is 0.412. The number of hydrogen-bond donors (Lipinski definition) is 1. The molecule has 0 aliphatic rings. The van der Waals surface area contributed by atoms with Gasteiger partial charge in [-0.25, -0.2) is 0 Å². The molecule has 3 heteroatoms. The summed E-state index contributed by atoms with van der Waals surface area (Å²) in [7, 11) is 0. The third-order valence-electron chi connectivity index (χ3n) is 3.10. The van der Waals surface area contributed by atoms with E-state index >= 15 is 0 Å². The highest BCUT2D eigenvalue weighted by Crippen LogP contribution is 2.16. The summed E-state index contributed by atoms with van der Waals surface area (Å²) in [5, 5.41) is 3.36. The molecule has 1 aromatic heterocycles. The SMILES string of the molecule is Cc1cc(COCc2ccccc2)oc1CNC(C)C. The fourth-order valence-electron chi connectivity index (χ4n) is 1.98. The summed E-state index contributed by atoms with van der Waals surface area (Å²) < 4.78 is 11.5. The van der Waals surface area contributed by atoms with Crippen molar-refractivity contribution < 1.29 is 9.15 Å². The second-order valence-corrected chi connectivity index (χ2v) is 5.33. The highest BCUT2D eigenvalue weighted by atomic mass is 16.5. The van der Waals surface area contributed by atoms with Gasteiger partial charge in [-0.3, -0.25) is 0 Å². The van der Waals surface area contributed by atoms with Crippen LogP contribution in [0.2, 0.25) is 0 Å². The number of nitrogens with one attached hydrogen (secondary N) is 1. The van der Waals surface area contributed by atoms with Gasteiger partial charge in [-0.05, 0) is 24.1 Å². The van der Waals surface area contributed by atoms with Crippen LogP contribution in [-0.2, 0) is 24.5 Å². The zero-order chi connectivity index (χ0) is 14.4. The Balaban J connectivity index is 1.83. The van der Waals surface area contributed by atoms with Crippen LogP contribution in [0.1, 0.15) is 36.5 Å². The molecule has 0 unspecified atom stereocenters. The van der Waals surface area contributed by atoms with E-state index in [0.717, 1.165) is 18.1 Å². The van der Waals surface area contributed by atoms with Crippen LogP contribution < -0.4 is 5.32 Å². The molecule has 0 bridgehead atoms. The van der Waals surface area contributed by atoms with E-state index in [-0.39, 0.29) is 0 Å². The average Bonchev–Trinajstić information content (AvgIpc) is 2.78. The van der Waals surface area contributed by atoms with Gasteiger partial charge in [0.15, 0.2) is 0 Å². The summed E-state index contributed by atoms with van der Waals surface area (Å²) in [6, 6.07) is 12.7. The molecule has 2 aromatic rings. The average molecular weight is 273 g/mol. The van der Waals surface area contributed by atoms with Crippen molar-refractivity contribution in [2.45, 2.75) is 46.6 Å². The first-order valence-corrected chi connectivity index (χ1v) is 7.08. The third kappa shape index (κ3) is 4.51. The molecule has 0 saturated carbocycles. The van der Waals surface area contributed by atoms with Crippen molar-refractivity contribution in [2.75, 3.05) is 0 Å². The molecule has 1 aromatic carbocycles. The highest BCUT2D eigenvalue weighted by molar-refractivity contribution is 5.20. The minimum atomic E-state index is 0.456. The zero-order valence-corrected chi connectivity index (χ0v) is 12.5. The Hall–Kier alpha value is -1.58. The maximum absolute atomic E-state index is 5.82. The Morgan fingerprint density at radius 3 is 2.60 bits per heavy atom. The van der Waals surface area contributed by atoms with Gasteiger partial charge >= 0.3 is 0 Å². The normalized spacial score (nSPS) is 11.2.